The summed E-state index contributed by atoms with van der Waals surface area (Å²) in [5, 5.41) is 9.32. The van der Waals surface area contributed by atoms with Crippen molar-refractivity contribution in [1.29, 1.82) is 0 Å². The summed E-state index contributed by atoms with van der Waals surface area (Å²) in [5.41, 5.74) is -1.40. The summed E-state index contributed by atoms with van der Waals surface area (Å²) in [5.74, 6) is -3.03. The van der Waals surface area contributed by atoms with Crippen molar-refractivity contribution in [3.05, 3.63) is 58.6 Å². The number of H-pyrrole nitrogens is 1. The average Bonchev–Trinajstić information content (AvgIpc) is 2.46. The predicted molar refractivity (Wildman–Crippen MR) is 69.4 cm³/mol. The molecular weight excluding hydrogens is 266 g/mol. The Labute approximate surface area is 111 Å². The number of rotatable bonds is 1. The largest absolute Gasteiger partial charge is 0.503 e. The first-order valence-corrected chi connectivity index (χ1v) is 5.74. The highest BCUT2D eigenvalue weighted by atomic mass is 19.1. The quantitative estimate of drug-likeness (QED) is 0.716. The first-order chi connectivity index (χ1) is 9.61. The standard InChI is InChI=1S/C14H8F2N2O2/c15-10-8(7-4-2-1-3-5-7)11(16)13(19)12-9(10)14(20)18-6-17-12/h1-6,19H,(H,17,18,20). The summed E-state index contributed by atoms with van der Waals surface area (Å²) in [6.45, 7) is 0. The maximum absolute atomic E-state index is 14.4. The lowest BCUT2D eigenvalue weighted by atomic mass is 10.0. The Balaban J connectivity index is 2.52. The number of phenols is 1. The van der Waals surface area contributed by atoms with Gasteiger partial charge in [-0.15, -0.1) is 0 Å². The van der Waals surface area contributed by atoms with Crippen molar-refractivity contribution < 1.29 is 13.9 Å². The molecule has 0 aliphatic rings. The van der Waals surface area contributed by atoms with Crippen molar-refractivity contribution in [1.82, 2.24) is 9.97 Å². The van der Waals surface area contributed by atoms with Crippen LogP contribution in [0.15, 0.2) is 41.5 Å². The van der Waals surface area contributed by atoms with Gasteiger partial charge in [0.15, 0.2) is 11.6 Å². The van der Waals surface area contributed by atoms with Crippen LogP contribution >= 0.6 is 0 Å². The Bertz CT molecular complexity index is 860. The van der Waals surface area contributed by atoms with Crippen molar-refractivity contribution in [3.8, 4) is 16.9 Å². The van der Waals surface area contributed by atoms with Gasteiger partial charge in [-0.05, 0) is 5.56 Å². The number of phenolic OH excluding ortho intramolecular Hbond substituents is 1. The molecule has 0 aliphatic carbocycles. The lowest BCUT2D eigenvalue weighted by Gasteiger charge is -2.09. The molecule has 20 heavy (non-hydrogen) atoms. The second-order valence-electron chi connectivity index (χ2n) is 4.17. The van der Waals surface area contributed by atoms with Crippen LogP contribution in [0, 0.1) is 11.6 Å². The van der Waals surface area contributed by atoms with E-state index in [4.69, 9.17) is 0 Å². The van der Waals surface area contributed by atoms with E-state index in [0.29, 0.717) is 0 Å². The molecule has 4 nitrogen and oxygen atoms in total. The zero-order valence-corrected chi connectivity index (χ0v) is 10.0. The second-order valence-corrected chi connectivity index (χ2v) is 4.17. The molecule has 0 spiro atoms. The molecule has 2 aromatic carbocycles. The van der Waals surface area contributed by atoms with E-state index < -0.39 is 39.4 Å². The minimum atomic E-state index is -1.14. The summed E-state index contributed by atoms with van der Waals surface area (Å²) in [7, 11) is 0. The molecule has 0 aliphatic heterocycles. The molecule has 0 bridgehead atoms. The number of fused-ring (bicyclic) bond motifs is 1. The lowest BCUT2D eigenvalue weighted by Crippen LogP contribution is -2.10. The topological polar surface area (TPSA) is 66.0 Å². The van der Waals surface area contributed by atoms with Gasteiger partial charge in [0.05, 0.1) is 11.9 Å². The molecule has 3 rings (SSSR count). The number of hydrogen-bond donors (Lipinski definition) is 2. The van der Waals surface area contributed by atoms with E-state index in [-0.39, 0.29) is 5.56 Å². The summed E-state index contributed by atoms with van der Waals surface area (Å²) in [4.78, 5) is 17.5. The van der Waals surface area contributed by atoms with Crippen LogP contribution in [-0.2, 0) is 0 Å². The van der Waals surface area contributed by atoms with Crippen LogP contribution in [0.25, 0.3) is 22.0 Å². The van der Waals surface area contributed by atoms with Crippen LogP contribution < -0.4 is 5.56 Å². The first-order valence-electron chi connectivity index (χ1n) is 5.74. The number of benzene rings is 2. The summed E-state index contributed by atoms with van der Waals surface area (Å²) in [6.07, 6.45) is 0.978. The van der Waals surface area contributed by atoms with Gasteiger partial charge in [0.1, 0.15) is 16.7 Å². The van der Waals surface area contributed by atoms with Crippen LogP contribution in [-0.4, -0.2) is 15.1 Å². The van der Waals surface area contributed by atoms with Crippen LogP contribution in [0.4, 0.5) is 8.78 Å². The number of aromatic hydroxyl groups is 1. The van der Waals surface area contributed by atoms with Crippen molar-refractivity contribution in [3.63, 3.8) is 0 Å². The smallest absolute Gasteiger partial charge is 0.261 e. The Morgan fingerprint density at radius 3 is 2.50 bits per heavy atom. The molecule has 1 aromatic heterocycles. The highest BCUT2D eigenvalue weighted by Crippen LogP contribution is 2.36. The second kappa shape index (κ2) is 4.41. The number of nitrogens with one attached hydrogen (secondary N) is 1. The Morgan fingerprint density at radius 1 is 1.10 bits per heavy atom. The van der Waals surface area contributed by atoms with Crippen LogP contribution in [0.3, 0.4) is 0 Å². The molecule has 0 saturated heterocycles. The zero-order valence-electron chi connectivity index (χ0n) is 10.0. The SMILES string of the molecule is O=c1[nH]cnc2c(O)c(F)c(-c3ccccc3)c(F)c12. The van der Waals surface area contributed by atoms with E-state index in [0.717, 1.165) is 6.33 Å². The van der Waals surface area contributed by atoms with Gasteiger partial charge in [0.2, 0.25) is 0 Å². The van der Waals surface area contributed by atoms with E-state index in [9.17, 15) is 18.7 Å². The fraction of sp³-hybridized carbons (Fsp3) is 0. The van der Waals surface area contributed by atoms with Gasteiger partial charge in [-0.3, -0.25) is 4.79 Å². The molecule has 0 unspecified atom stereocenters. The number of hydrogen-bond acceptors (Lipinski definition) is 3. The molecular formula is C14H8F2N2O2. The van der Waals surface area contributed by atoms with Crippen molar-refractivity contribution >= 4 is 10.9 Å². The molecule has 0 saturated carbocycles. The van der Waals surface area contributed by atoms with Gasteiger partial charge in [0.25, 0.3) is 5.56 Å². The van der Waals surface area contributed by atoms with Crippen molar-refractivity contribution in [2.24, 2.45) is 0 Å². The highest BCUT2D eigenvalue weighted by molar-refractivity contribution is 5.90. The van der Waals surface area contributed by atoms with Crippen LogP contribution in [0.2, 0.25) is 0 Å². The van der Waals surface area contributed by atoms with E-state index in [2.05, 4.69) is 9.97 Å². The van der Waals surface area contributed by atoms with Crippen LogP contribution in [0.5, 0.6) is 5.75 Å². The average molecular weight is 274 g/mol. The van der Waals surface area contributed by atoms with E-state index in [1.807, 2.05) is 0 Å². The number of halogens is 2. The number of aromatic nitrogens is 2. The fourth-order valence-electron chi connectivity index (χ4n) is 2.08. The lowest BCUT2D eigenvalue weighted by molar-refractivity contribution is 0.435. The molecule has 1 heterocycles. The Morgan fingerprint density at radius 2 is 1.80 bits per heavy atom. The van der Waals surface area contributed by atoms with Gasteiger partial charge in [-0.1, -0.05) is 30.3 Å². The maximum Gasteiger partial charge on any atom is 0.261 e. The van der Waals surface area contributed by atoms with Gasteiger partial charge in [-0.2, -0.15) is 0 Å². The van der Waals surface area contributed by atoms with E-state index >= 15 is 0 Å². The maximum atomic E-state index is 14.4. The number of nitrogens with zero attached hydrogens (tertiary/aromatic N) is 1. The van der Waals surface area contributed by atoms with E-state index in [1.165, 1.54) is 12.1 Å². The third-order valence-electron chi connectivity index (χ3n) is 3.01. The van der Waals surface area contributed by atoms with E-state index in [1.54, 1.807) is 18.2 Å². The highest BCUT2D eigenvalue weighted by Gasteiger charge is 2.23. The molecule has 0 amide bonds. The van der Waals surface area contributed by atoms with Crippen molar-refractivity contribution in [2.45, 2.75) is 0 Å². The molecule has 100 valence electrons. The van der Waals surface area contributed by atoms with Gasteiger partial charge >= 0.3 is 0 Å². The van der Waals surface area contributed by atoms with Crippen LogP contribution in [0.1, 0.15) is 0 Å². The molecule has 0 atom stereocenters. The van der Waals surface area contributed by atoms with Gasteiger partial charge in [0, 0.05) is 0 Å². The molecule has 3 aromatic rings. The summed E-state index contributed by atoms with van der Waals surface area (Å²) < 4.78 is 28.6. The van der Waals surface area contributed by atoms with Gasteiger partial charge in [-0.25, -0.2) is 13.8 Å². The summed E-state index contributed by atoms with van der Waals surface area (Å²) in [6, 6.07) is 7.86. The minimum Gasteiger partial charge on any atom is -0.503 e. The summed E-state index contributed by atoms with van der Waals surface area (Å²) >= 11 is 0. The minimum absolute atomic E-state index is 0.225. The number of aromatic amines is 1. The third-order valence-corrected chi connectivity index (χ3v) is 3.01. The fourth-order valence-corrected chi connectivity index (χ4v) is 2.08. The van der Waals surface area contributed by atoms with Gasteiger partial charge < -0.3 is 10.1 Å². The molecule has 0 fully saturated rings. The first kappa shape index (κ1) is 12.3. The third kappa shape index (κ3) is 1.65. The molecule has 6 heteroatoms. The molecule has 0 radical (unpaired) electrons. The molecule has 2 N–H and O–H groups in total. The van der Waals surface area contributed by atoms with Crippen molar-refractivity contribution in [2.75, 3.05) is 0 Å². The normalized spacial score (nSPS) is 10.9. The zero-order chi connectivity index (χ0) is 14.3. The Hall–Kier alpha value is -2.76. The Kier molecular flexibility index (Phi) is 2.71. The monoisotopic (exact) mass is 274 g/mol. The predicted octanol–water partition coefficient (Wildman–Crippen LogP) is 2.57.